The van der Waals surface area contributed by atoms with E-state index in [1.54, 1.807) is 31.3 Å². The third-order valence-electron chi connectivity index (χ3n) is 6.70. The van der Waals surface area contributed by atoms with Gasteiger partial charge in [-0.3, -0.25) is 20.0 Å². The average molecular weight is 499 g/mol. The van der Waals surface area contributed by atoms with E-state index >= 15 is 0 Å². The summed E-state index contributed by atoms with van der Waals surface area (Å²) in [6.07, 6.45) is 0.577. The van der Waals surface area contributed by atoms with E-state index in [0.29, 0.717) is 35.9 Å². The number of aromatic nitrogens is 2. The first-order valence-corrected chi connectivity index (χ1v) is 11.8. The highest BCUT2D eigenvalue weighted by Gasteiger charge is 2.42. The van der Waals surface area contributed by atoms with Crippen molar-refractivity contribution < 1.29 is 19.2 Å². The molecule has 1 aliphatic heterocycles. The van der Waals surface area contributed by atoms with Crippen LogP contribution in [0.2, 0.25) is 0 Å². The minimum absolute atomic E-state index is 0.00359. The van der Waals surface area contributed by atoms with Gasteiger partial charge in [-0.05, 0) is 48.7 Å². The zero-order chi connectivity index (χ0) is 26.1. The molecule has 0 fully saturated rings. The molecule has 0 spiro atoms. The van der Waals surface area contributed by atoms with Crippen molar-refractivity contribution in [1.82, 2.24) is 15.1 Å². The summed E-state index contributed by atoms with van der Waals surface area (Å²) >= 11 is 0. The quantitative estimate of drug-likeness (QED) is 0.267. The number of H-pyrrole nitrogens is 1. The molecule has 3 aromatic carbocycles. The molecule has 0 radical (unpaired) electrons. The van der Waals surface area contributed by atoms with Crippen molar-refractivity contribution >= 4 is 11.6 Å². The highest BCUT2D eigenvalue weighted by atomic mass is 16.6. The van der Waals surface area contributed by atoms with E-state index in [1.807, 2.05) is 49.4 Å². The number of methoxy groups -OCH3 is 2. The van der Waals surface area contributed by atoms with Crippen molar-refractivity contribution in [2.45, 2.75) is 19.4 Å². The number of carbonyl (C=O) groups excluding carboxylic acids is 1. The van der Waals surface area contributed by atoms with Crippen LogP contribution < -0.4 is 9.47 Å². The van der Waals surface area contributed by atoms with E-state index in [9.17, 15) is 14.9 Å². The minimum atomic E-state index is -0.446. The number of amides is 1. The van der Waals surface area contributed by atoms with Gasteiger partial charge in [0, 0.05) is 29.8 Å². The minimum Gasteiger partial charge on any atom is -0.493 e. The molecule has 1 N–H and O–H groups in total. The van der Waals surface area contributed by atoms with Crippen LogP contribution in [0.3, 0.4) is 0 Å². The van der Waals surface area contributed by atoms with Gasteiger partial charge >= 0.3 is 0 Å². The summed E-state index contributed by atoms with van der Waals surface area (Å²) in [4.78, 5) is 26.2. The lowest BCUT2D eigenvalue weighted by Crippen LogP contribution is -2.31. The number of aryl methyl sites for hydroxylation is 1. The standard InChI is InChI=1S/C28H26N4O5/c1-17-4-7-19(8-5-17)25-24-26(30-29-25)28(33)31(27(24)20-9-11-21(12-10-20)32(34)35)15-14-18-6-13-22(36-2)23(16-18)37-3/h4-13,16,27H,14-15H2,1-3H3,(H,29,30). The average Bonchev–Trinajstić information content (AvgIpc) is 3.46. The topological polar surface area (TPSA) is 111 Å². The number of hydrogen-bond acceptors (Lipinski definition) is 6. The van der Waals surface area contributed by atoms with Crippen molar-refractivity contribution in [3.05, 3.63) is 105 Å². The highest BCUT2D eigenvalue weighted by Crippen LogP contribution is 2.43. The van der Waals surface area contributed by atoms with Crippen LogP contribution in [0.1, 0.15) is 38.8 Å². The van der Waals surface area contributed by atoms with Gasteiger partial charge in [0.15, 0.2) is 11.5 Å². The molecule has 1 amide bonds. The van der Waals surface area contributed by atoms with Gasteiger partial charge in [-0.2, -0.15) is 5.10 Å². The van der Waals surface area contributed by atoms with Crippen molar-refractivity contribution in [2.75, 3.05) is 20.8 Å². The molecular weight excluding hydrogens is 472 g/mol. The molecule has 37 heavy (non-hydrogen) atoms. The predicted octanol–water partition coefficient (Wildman–Crippen LogP) is 5.10. The second-order valence-corrected chi connectivity index (χ2v) is 8.92. The molecule has 0 bridgehead atoms. The fraction of sp³-hybridized carbons (Fsp3) is 0.214. The molecular formula is C28H26N4O5. The zero-order valence-electron chi connectivity index (χ0n) is 20.7. The van der Waals surface area contributed by atoms with Crippen molar-refractivity contribution in [3.8, 4) is 22.8 Å². The summed E-state index contributed by atoms with van der Waals surface area (Å²) in [5.74, 6) is 1.09. The van der Waals surface area contributed by atoms with E-state index in [0.717, 1.165) is 27.8 Å². The molecule has 2 heterocycles. The summed E-state index contributed by atoms with van der Waals surface area (Å²) in [5, 5.41) is 18.7. The van der Waals surface area contributed by atoms with E-state index in [2.05, 4.69) is 10.2 Å². The highest BCUT2D eigenvalue weighted by molar-refractivity contribution is 6.00. The van der Waals surface area contributed by atoms with Gasteiger partial charge in [-0.1, -0.05) is 35.9 Å². The third-order valence-corrected chi connectivity index (χ3v) is 6.70. The summed E-state index contributed by atoms with van der Waals surface area (Å²) in [6, 6.07) is 19.6. The number of nitrogens with zero attached hydrogens (tertiary/aromatic N) is 3. The Morgan fingerprint density at radius 2 is 1.70 bits per heavy atom. The molecule has 1 atom stereocenters. The van der Waals surface area contributed by atoms with Crippen LogP contribution in [0.25, 0.3) is 11.3 Å². The molecule has 1 aromatic heterocycles. The van der Waals surface area contributed by atoms with Gasteiger partial charge in [-0.15, -0.1) is 0 Å². The maximum absolute atomic E-state index is 13.6. The van der Waals surface area contributed by atoms with Crippen LogP contribution in [-0.2, 0) is 6.42 Å². The van der Waals surface area contributed by atoms with Gasteiger partial charge in [0.1, 0.15) is 5.69 Å². The van der Waals surface area contributed by atoms with Gasteiger partial charge < -0.3 is 14.4 Å². The summed E-state index contributed by atoms with van der Waals surface area (Å²) in [7, 11) is 3.17. The lowest BCUT2D eigenvalue weighted by atomic mass is 9.95. The first-order chi connectivity index (χ1) is 17.9. The smallest absolute Gasteiger partial charge is 0.273 e. The number of non-ortho nitro benzene ring substituents is 1. The second kappa shape index (κ2) is 9.77. The van der Waals surface area contributed by atoms with Crippen LogP contribution in [0, 0.1) is 17.0 Å². The number of benzene rings is 3. The molecule has 188 valence electrons. The Hall–Kier alpha value is -4.66. The number of fused-ring (bicyclic) bond motifs is 1. The third kappa shape index (κ3) is 4.40. The number of aromatic amines is 1. The first kappa shape index (κ1) is 24.1. The SMILES string of the molecule is COc1ccc(CCN2C(=O)c3[nH]nc(-c4ccc(C)cc4)c3C2c2ccc([N+](=O)[O-])cc2)cc1OC. The molecule has 0 saturated heterocycles. The number of nitro groups is 1. The Kier molecular flexibility index (Phi) is 6.35. The molecule has 9 nitrogen and oxygen atoms in total. The number of ether oxygens (including phenoxy) is 2. The van der Waals surface area contributed by atoms with Crippen molar-refractivity contribution in [3.63, 3.8) is 0 Å². The van der Waals surface area contributed by atoms with E-state index in [1.165, 1.54) is 12.1 Å². The van der Waals surface area contributed by atoms with Crippen LogP contribution in [0.4, 0.5) is 5.69 Å². The zero-order valence-corrected chi connectivity index (χ0v) is 20.7. The Labute approximate surface area is 213 Å². The Morgan fingerprint density at radius 1 is 1.00 bits per heavy atom. The summed E-state index contributed by atoms with van der Waals surface area (Å²) < 4.78 is 10.8. The van der Waals surface area contributed by atoms with Crippen LogP contribution >= 0.6 is 0 Å². The number of carbonyl (C=O) groups is 1. The largest absolute Gasteiger partial charge is 0.493 e. The van der Waals surface area contributed by atoms with Crippen molar-refractivity contribution in [1.29, 1.82) is 0 Å². The lowest BCUT2D eigenvalue weighted by molar-refractivity contribution is -0.384. The fourth-order valence-electron chi connectivity index (χ4n) is 4.77. The summed E-state index contributed by atoms with van der Waals surface area (Å²) in [6.45, 7) is 2.43. The van der Waals surface area contributed by atoms with Gasteiger partial charge in [0.25, 0.3) is 11.6 Å². The molecule has 9 heteroatoms. The maximum atomic E-state index is 13.6. The molecule has 1 aliphatic rings. The number of nitrogens with one attached hydrogen (secondary N) is 1. The van der Waals surface area contributed by atoms with Crippen LogP contribution in [-0.4, -0.2) is 46.7 Å². The maximum Gasteiger partial charge on any atom is 0.273 e. The predicted molar refractivity (Wildman–Crippen MR) is 138 cm³/mol. The Bertz CT molecular complexity index is 1460. The monoisotopic (exact) mass is 498 g/mol. The Morgan fingerprint density at radius 3 is 2.35 bits per heavy atom. The lowest BCUT2D eigenvalue weighted by Gasteiger charge is -2.26. The fourth-order valence-corrected chi connectivity index (χ4v) is 4.77. The number of rotatable bonds is 8. The Balaban J connectivity index is 1.53. The van der Waals surface area contributed by atoms with E-state index < -0.39 is 11.0 Å². The molecule has 1 unspecified atom stereocenters. The van der Waals surface area contributed by atoms with Crippen LogP contribution in [0.5, 0.6) is 11.5 Å². The number of hydrogen-bond donors (Lipinski definition) is 1. The van der Waals surface area contributed by atoms with Crippen molar-refractivity contribution in [2.24, 2.45) is 0 Å². The number of nitro benzene ring substituents is 1. The van der Waals surface area contributed by atoms with Gasteiger partial charge in [-0.25, -0.2) is 0 Å². The van der Waals surface area contributed by atoms with Gasteiger partial charge in [0.2, 0.25) is 0 Å². The summed E-state index contributed by atoms with van der Waals surface area (Å²) in [5.41, 5.74) is 5.68. The van der Waals surface area contributed by atoms with Gasteiger partial charge in [0.05, 0.1) is 30.9 Å². The molecule has 4 aromatic rings. The van der Waals surface area contributed by atoms with E-state index in [-0.39, 0.29) is 11.6 Å². The van der Waals surface area contributed by atoms with Crippen LogP contribution in [0.15, 0.2) is 66.7 Å². The first-order valence-electron chi connectivity index (χ1n) is 11.8. The molecule has 0 saturated carbocycles. The van der Waals surface area contributed by atoms with E-state index in [4.69, 9.17) is 9.47 Å². The normalized spacial score (nSPS) is 14.5. The molecule has 5 rings (SSSR count). The molecule has 0 aliphatic carbocycles. The second-order valence-electron chi connectivity index (χ2n) is 8.92.